The smallest absolute Gasteiger partial charge is 0.00880 e. The summed E-state index contributed by atoms with van der Waals surface area (Å²) in [7, 11) is 0. The molecule has 0 heteroatoms. The molecule has 0 unspecified atom stereocenters. The average molecular weight is 193 g/mol. The van der Waals surface area contributed by atoms with E-state index in [4.69, 9.17) is 0 Å². The van der Waals surface area contributed by atoms with Crippen LogP contribution in [0.5, 0.6) is 0 Å². The molecule has 0 atom stereocenters. The summed E-state index contributed by atoms with van der Waals surface area (Å²) in [6.45, 7) is 0. The summed E-state index contributed by atoms with van der Waals surface area (Å²) in [6, 6.07) is 21.6. The van der Waals surface area contributed by atoms with Crippen molar-refractivity contribution in [2.75, 3.05) is 0 Å². The largest absolute Gasteiger partial charge is 0.0795 e. The van der Waals surface area contributed by atoms with Gasteiger partial charge in [0.15, 0.2) is 0 Å². The second-order valence-electron chi connectivity index (χ2n) is 3.40. The van der Waals surface area contributed by atoms with E-state index in [-0.39, 0.29) is 0 Å². The molecule has 73 valence electrons. The van der Waals surface area contributed by atoms with E-state index in [0.717, 1.165) is 6.42 Å². The minimum absolute atomic E-state index is 0.940. The van der Waals surface area contributed by atoms with Crippen LogP contribution in [0.15, 0.2) is 60.7 Å². The molecule has 0 bridgehead atoms. The number of allylic oxidation sites excluding steroid dienone is 1. The molecule has 0 nitrogen and oxygen atoms in total. The Morgan fingerprint density at radius 1 is 0.933 bits per heavy atom. The van der Waals surface area contributed by atoms with Crippen LogP contribution in [-0.4, -0.2) is 0 Å². The molecule has 0 saturated heterocycles. The van der Waals surface area contributed by atoms with Gasteiger partial charge >= 0.3 is 0 Å². The van der Waals surface area contributed by atoms with E-state index < -0.39 is 0 Å². The fourth-order valence-electron chi connectivity index (χ4n) is 1.44. The monoisotopic (exact) mass is 193 g/mol. The van der Waals surface area contributed by atoms with Crippen molar-refractivity contribution in [2.45, 2.75) is 6.42 Å². The van der Waals surface area contributed by atoms with E-state index in [0.29, 0.717) is 0 Å². The van der Waals surface area contributed by atoms with Crippen molar-refractivity contribution in [1.82, 2.24) is 0 Å². The molecule has 2 aromatic rings. The lowest BCUT2D eigenvalue weighted by Gasteiger charge is -1.94. The minimum atomic E-state index is 0.940. The molecule has 2 aromatic carbocycles. The molecule has 0 saturated carbocycles. The summed E-state index contributed by atoms with van der Waals surface area (Å²) < 4.78 is 0. The summed E-state index contributed by atoms with van der Waals surface area (Å²) in [4.78, 5) is 0. The lowest BCUT2D eigenvalue weighted by Crippen LogP contribution is -1.79. The maximum atomic E-state index is 3.20. The molecule has 0 aliphatic carbocycles. The maximum Gasteiger partial charge on any atom is -0.00880 e. The highest BCUT2D eigenvalue weighted by Crippen LogP contribution is 2.04. The second kappa shape index (κ2) is 5.16. The first-order valence-corrected chi connectivity index (χ1v) is 5.12. The third-order valence-electron chi connectivity index (χ3n) is 2.22. The predicted molar refractivity (Wildman–Crippen MR) is 64.5 cm³/mol. The van der Waals surface area contributed by atoms with Crippen LogP contribution < -0.4 is 0 Å². The van der Waals surface area contributed by atoms with E-state index in [2.05, 4.69) is 36.4 Å². The van der Waals surface area contributed by atoms with Gasteiger partial charge in [0.25, 0.3) is 0 Å². The van der Waals surface area contributed by atoms with Crippen molar-refractivity contribution >= 4 is 6.08 Å². The average Bonchev–Trinajstić information content (AvgIpc) is 2.32. The second-order valence-corrected chi connectivity index (χ2v) is 3.40. The quantitative estimate of drug-likeness (QED) is 0.696. The van der Waals surface area contributed by atoms with Crippen molar-refractivity contribution in [3.05, 3.63) is 77.9 Å². The SMILES string of the molecule is [c]1ccccc1CC=Cc1ccccc1. The fourth-order valence-corrected chi connectivity index (χ4v) is 1.44. The van der Waals surface area contributed by atoms with Crippen LogP contribution in [0.2, 0.25) is 0 Å². The molecule has 0 aliphatic rings. The molecule has 0 N–H and O–H groups in total. The molecular weight excluding hydrogens is 180 g/mol. The zero-order chi connectivity index (χ0) is 10.3. The van der Waals surface area contributed by atoms with Crippen LogP contribution in [-0.2, 0) is 6.42 Å². The van der Waals surface area contributed by atoms with E-state index in [9.17, 15) is 0 Å². The van der Waals surface area contributed by atoms with Crippen molar-refractivity contribution in [2.24, 2.45) is 0 Å². The van der Waals surface area contributed by atoms with Crippen molar-refractivity contribution in [1.29, 1.82) is 0 Å². The van der Waals surface area contributed by atoms with Gasteiger partial charge in [0, 0.05) is 0 Å². The predicted octanol–water partition coefficient (Wildman–Crippen LogP) is 3.74. The Morgan fingerprint density at radius 3 is 2.47 bits per heavy atom. The lowest BCUT2D eigenvalue weighted by atomic mass is 10.1. The van der Waals surface area contributed by atoms with Gasteiger partial charge in [0.2, 0.25) is 0 Å². The summed E-state index contributed by atoms with van der Waals surface area (Å²) in [5.74, 6) is 0. The summed E-state index contributed by atoms with van der Waals surface area (Å²) in [5, 5.41) is 0. The Morgan fingerprint density at radius 2 is 1.73 bits per heavy atom. The zero-order valence-corrected chi connectivity index (χ0v) is 8.56. The number of benzene rings is 2. The Hall–Kier alpha value is -1.82. The minimum Gasteiger partial charge on any atom is -0.0795 e. The standard InChI is InChI=1S/C15H13/c1-3-8-14(9-4-1)12-7-13-15-10-5-2-6-11-15/h1-10,12H,13H2. The highest BCUT2D eigenvalue weighted by Gasteiger charge is 1.87. The fraction of sp³-hybridized carbons (Fsp3) is 0.0667. The molecule has 0 fully saturated rings. The first-order valence-electron chi connectivity index (χ1n) is 5.12. The van der Waals surface area contributed by atoms with Crippen LogP contribution in [0.3, 0.4) is 0 Å². The topological polar surface area (TPSA) is 0 Å². The van der Waals surface area contributed by atoms with Crippen molar-refractivity contribution in [3.63, 3.8) is 0 Å². The molecular formula is C15H13. The van der Waals surface area contributed by atoms with Gasteiger partial charge in [0.1, 0.15) is 0 Å². The van der Waals surface area contributed by atoms with Gasteiger partial charge in [0.05, 0.1) is 0 Å². The van der Waals surface area contributed by atoms with E-state index in [1.54, 1.807) is 0 Å². The van der Waals surface area contributed by atoms with Crippen LogP contribution >= 0.6 is 0 Å². The van der Waals surface area contributed by atoms with Crippen LogP contribution in [0.1, 0.15) is 11.1 Å². The number of rotatable bonds is 3. The molecule has 0 aromatic heterocycles. The summed E-state index contributed by atoms with van der Waals surface area (Å²) >= 11 is 0. The molecule has 0 heterocycles. The molecule has 2 rings (SSSR count). The first-order chi connectivity index (χ1) is 7.45. The Bertz CT molecular complexity index is 412. The Balaban J connectivity index is 1.97. The first kappa shape index (κ1) is 9.72. The van der Waals surface area contributed by atoms with Gasteiger partial charge in [-0.1, -0.05) is 66.7 Å². The maximum absolute atomic E-state index is 3.20. The molecule has 1 radical (unpaired) electrons. The van der Waals surface area contributed by atoms with Gasteiger partial charge in [-0.3, -0.25) is 0 Å². The molecule has 0 aliphatic heterocycles. The third-order valence-corrected chi connectivity index (χ3v) is 2.22. The van der Waals surface area contributed by atoms with E-state index in [1.165, 1.54) is 11.1 Å². The number of hydrogen-bond acceptors (Lipinski definition) is 0. The van der Waals surface area contributed by atoms with Crippen LogP contribution in [0, 0.1) is 6.07 Å². The normalized spacial score (nSPS) is 10.7. The summed E-state index contributed by atoms with van der Waals surface area (Å²) in [5.41, 5.74) is 2.47. The molecule has 0 spiro atoms. The van der Waals surface area contributed by atoms with Crippen LogP contribution in [0.25, 0.3) is 6.08 Å². The van der Waals surface area contributed by atoms with Gasteiger partial charge in [-0.15, -0.1) is 0 Å². The Labute approximate surface area is 90.9 Å². The zero-order valence-electron chi connectivity index (χ0n) is 8.56. The van der Waals surface area contributed by atoms with E-state index >= 15 is 0 Å². The third kappa shape index (κ3) is 3.10. The lowest BCUT2D eigenvalue weighted by molar-refractivity contribution is 1.27. The molecule has 0 amide bonds. The molecule has 15 heavy (non-hydrogen) atoms. The highest BCUT2D eigenvalue weighted by molar-refractivity contribution is 5.49. The highest BCUT2D eigenvalue weighted by atomic mass is 13.9. The van der Waals surface area contributed by atoms with Gasteiger partial charge < -0.3 is 0 Å². The summed E-state index contributed by atoms with van der Waals surface area (Å²) in [6.07, 6.45) is 5.25. The van der Waals surface area contributed by atoms with Gasteiger partial charge in [-0.25, -0.2) is 0 Å². The van der Waals surface area contributed by atoms with Crippen molar-refractivity contribution < 1.29 is 0 Å². The van der Waals surface area contributed by atoms with Crippen LogP contribution in [0.4, 0.5) is 0 Å². The Kier molecular flexibility index (Phi) is 3.34. The van der Waals surface area contributed by atoms with E-state index in [1.807, 2.05) is 36.4 Å². The van der Waals surface area contributed by atoms with Gasteiger partial charge in [-0.05, 0) is 23.6 Å². The van der Waals surface area contributed by atoms with Crippen molar-refractivity contribution in [3.8, 4) is 0 Å². The van der Waals surface area contributed by atoms with Gasteiger partial charge in [-0.2, -0.15) is 0 Å². The number of hydrogen-bond donors (Lipinski definition) is 0.